The largest absolute Gasteiger partial charge is 0.472 e. The van der Waals surface area contributed by atoms with Crippen LogP contribution in [0.15, 0.2) is 97.2 Å². The minimum absolute atomic E-state index is 0.133. The van der Waals surface area contributed by atoms with Gasteiger partial charge in [0.15, 0.2) is 6.10 Å². The summed E-state index contributed by atoms with van der Waals surface area (Å²) in [5.74, 6) is -1.52. The van der Waals surface area contributed by atoms with E-state index in [0.29, 0.717) is 19.3 Å². The number of ether oxygens (including phenoxy) is 3. The summed E-state index contributed by atoms with van der Waals surface area (Å²) in [5, 5.41) is 9.81. The van der Waals surface area contributed by atoms with Gasteiger partial charge < -0.3 is 24.2 Å². The molecule has 12 heteroatoms. The van der Waals surface area contributed by atoms with E-state index in [1.165, 1.54) is 25.7 Å². The van der Waals surface area contributed by atoms with Gasteiger partial charge in [-0.25, -0.2) is 4.57 Å². The van der Waals surface area contributed by atoms with Gasteiger partial charge in [-0.3, -0.25) is 23.4 Å². The standard InChI is InChI=1S/C60H101O11P/c1-4-7-10-13-16-19-22-24-26-28-30-32-35-38-41-44-47-50-59(63)70-56(52-61)54-68-72(65,66)69-55-57(53-67-58(62)49-46-43-40-37-34-21-18-15-12-9-6-3)71-60(64)51-48-45-42-39-36-33-31-29-27-25-23-20-17-14-11-8-5-2/h7-8,10-11,15-20,24-27,31,33,56-57,61H,4-6,9,12-14,21-23,28-30,32,34-55H2,1-3H3,(H,65,66)/b10-7-,11-8-,18-15-,19-16-,20-17-,26-24-,27-25-,33-31-. The summed E-state index contributed by atoms with van der Waals surface area (Å²) in [4.78, 5) is 48.5. The third-order valence-corrected chi connectivity index (χ3v) is 12.4. The van der Waals surface area contributed by atoms with Gasteiger partial charge in [0.25, 0.3) is 0 Å². The van der Waals surface area contributed by atoms with E-state index in [4.69, 9.17) is 23.3 Å². The van der Waals surface area contributed by atoms with Crippen molar-refractivity contribution in [3.8, 4) is 0 Å². The summed E-state index contributed by atoms with van der Waals surface area (Å²) in [6.07, 6.45) is 62.2. The second-order valence-corrected chi connectivity index (χ2v) is 19.8. The number of aliphatic hydroxyl groups is 1. The van der Waals surface area contributed by atoms with E-state index in [2.05, 4.69) is 118 Å². The maximum absolute atomic E-state index is 12.9. The molecule has 72 heavy (non-hydrogen) atoms. The average Bonchev–Trinajstić information content (AvgIpc) is 3.37. The first-order valence-corrected chi connectivity index (χ1v) is 29.6. The van der Waals surface area contributed by atoms with Gasteiger partial charge in [0.05, 0.1) is 19.8 Å². The lowest BCUT2D eigenvalue weighted by Gasteiger charge is -2.21. The Morgan fingerprint density at radius 1 is 0.403 bits per heavy atom. The third kappa shape index (κ3) is 51.3. The maximum Gasteiger partial charge on any atom is 0.472 e. The molecule has 0 aromatic rings. The van der Waals surface area contributed by atoms with E-state index in [9.17, 15) is 28.9 Å². The zero-order valence-electron chi connectivity index (χ0n) is 45.4. The molecule has 11 nitrogen and oxygen atoms in total. The summed E-state index contributed by atoms with van der Waals surface area (Å²) in [6.45, 7) is 4.32. The highest BCUT2D eigenvalue weighted by atomic mass is 31.2. The number of hydrogen-bond acceptors (Lipinski definition) is 10. The number of carbonyl (C=O) groups is 3. The summed E-state index contributed by atoms with van der Waals surface area (Å²) >= 11 is 0. The Bertz CT molecular complexity index is 1580. The Labute approximate surface area is 438 Å². The van der Waals surface area contributed by atoms with Gasteiger partial charge in [-0.15, -0.1) is 0 Å². The number of unbranched alkanes of at least 4 members (excludes halogenated alkanes) is 18. The summed E-state index contributed by atoms with van der Waals surface area (Å²) in [6, 6.07) is 0. The van der Waals surface area contributed by atoms with Crippen LogP contribution in [0.25, 0.3) is 0 Å². The lowest BCUT2D eigenvalue weighted by molar-refractivity contribution is -0.161. The molecule has 0 aliphatic heterocycles. The number of phosphoric ester groups is 1. The lowest BCUT2D eigenvalue weighted by atomic mass is 10.1. The van der Waals surface area contributed by atoms with Crippen molar-refractivity contribution in [2.45, 2.75) is 238 Å². The minimum atomic E-state index is -4.76. The Kier molecular flexibility index (Phi) is 51.0. The number of esters is 3. The minimum Gasteiger partial charge on any atom is -0.462 e. The highest BCUT2D eigenvalue weighted by Gasteiger charge is 2.28. The summed E-state index contributed by atoms with van der Waals surface area (Å²) in [5.41, 5.74) is 0. The van der Waals surface area contributed by atoms with Gasteiger partial charge in [0, 0.05) is 19.3 Å². The fourth-order valence-electron chi connectivity index (χ4n) is 7.22. The van der Waals surface area contributed by atoms with E-state index in [1.54, 1.807) is 0 Å². The molecule has 0 radical (unpaired) electrons. The van der Waals surface area contributed by atoms with Gasteiger partial charge >= 0.3 is 25.7 Å². The smallest absolute Gasteiger partial charge is 0.462 e. The number of allylic oxidation sites excluding steroid dienone is 16. The Hall–Kier alpha value is -3.60. The van der Waals surface area contributed by atoms with Crippen LogP contribution in [0.5, 0.6) is 0 Å². The van der Waals surface area contributed by atoms with Crippen LogP contribution in [0.4, 0.5) is 0 Å². The van der Waals surface area contributed by atoms with Crippen LogP contribution >= 0.6 is 7.82 Å². The number of hydrogen-bond donors (Lipinski definition) is 2. The molecule has 0 amide bonds. The van der Waals surface area contributed by atoms with E-state index in [1.807, 2.05) is 0 Å². The molecule has 0 rings (SSSR count). The van der Waals surface area contributed by atoms with E-state index in [0.717, 1.165) is 141 Å². The lowest BCUT2D eigenvalue weighted by Crippen LogP contribution is -2.30. The molecular weight excluding hydrogens is 928 g/mol. The molecule has 0 heterocycles. The third-order valence-electron chi connectivity index (χ3n) is 11.5. The molecule has 0 saturated heterocycles. The fraction of sp³-hybridized carbons (Fsp3) is 0.683. The first-order valence-electron chi connectivity index (χ1n) is 28.1. The number of rotatable bonds is 51. The molecule has 0 fully saturated rings. The topological polar surface area (TPSA) is 155 Å². The molecule has 412 valence electrons. The van der Waals surface area contributed by atoms with Gasteiger partial charge in [-0.05, 0) is 109 Å². The first kappa shape index (κ1) is 68.4. The number of aliphatic hydroxyl groups excluding tert-OH is 1. The molecule has 0 saturated carbocycles. The van der Waals surface area contributed by atoms with Crippen LogP contribution in [-0.2, 0) is 42.2 Å². The van der Waals surface area contributed by atoms with Crippen molar-refractivity contribution in [2.24, 2.45) is 0 Å². The van der Waals surface area contributed by atoms with Crippen molar-refractivity contribution in [1.82, 2.24) is 0 Å². The van der Waals surface area contributed by atoms with Crippen LogP contribution in [-0.4, -0.2) is 66.5 Å². The van der Waals surface area contributed by atoms with Crippen LogP contribution < -0.4 is 0 Å². The summed E-state index contributed by atoms with van der Waals surface area (Å²) < 4.78 is 39.4. The SMILES string of the molecule is CC/C=C\C/C=C\C/C=C\C/C=C\CCCCCCC(=O)OC(COC(=O)CCCCCCC/C=C\CCCC)COP(=O)(O)OCC(CO)OC(=O)CCCCCCCCC/C=C\C/C=C\C/C=C\CC. The van der Waals surface area contributed by atoms with Gasteiger partial charge in [0.1, 0.15) is 12.7 Å². The van der Waals surface area contributed by atoms with Crippen molar-refractivity contribution in [3.05, 3.63) is 97.2 Å². The Morgan fingerprint density at radius 2 is 0.722 bits per heavy atom. The second kappa shape index (κ2) is 53.7. The maximum atomic E-state index is 12.9. The van der Waals surface area contributed by atoms with Crippen molar-refractivity contribution < 1.29 is 52.2 Å². The predicted octanol–water partition coefficient (Wildman–Crippen LogP) is 16.5. The van der Waals surface area contributed by atoms with Crippen molar-refractivity contribution in [3.63, 3.8) is 0 Å². The normalized spacial score (nSPS) is 14.1. The molecule has 2 N–H and O–H groups in total. The molecule has 0 aliphatic rings. The van der Waals surface area contributed by atoms with E-state index in [-0.39, 0.29) is 25.9 Å². The van der Waals surface area contributed by atoms with Crippen LogP contribution in [0.3, 0.4) is 0 Å². The van der Waals surface area contributed by atoms with Gasteiger partial charge in [-0.1, -0.05) is 195 Å². The monoisotopic (exact) mass is 1030 g/mol. The molecule has 3 atom stereocenters. The highest BCUT2D eigenvalue weighted by molar-refractivity contribution is 7.47. The highest BCUT2D eigenvalue weighted by Crippen LogP contribution is 2.43. The summed E-state index contributed by atoms with van der Waals surface area (Å²) in [7, 11) is -4.76. The second-order valence-electron chi connectivity index (χ2n) is 18.3. The first-order chi connectivity index (χ1) is 35.2. The van der Waals surface area contributed by atoms with Crippen molar-refractivity contribution >= 4 is 25.7 Å². The van der Waals surface area contributed by atoms with Crippen molar-refractivity contribution in [2.75, 3.05) is 26.4 Å². The average molecular weight is 1030 g/mol. The molecule has 0 aliphatic carbocycles. The molecule has 0 aromatic carbocycles. The molecule has 0 spiro atoms. The van der Waals surface area contributed by atoms with E-state index >= 15 is 0 Å². The fourth-order valence-corrected chi connectivity index (χ4v) is 8.01. The van der Waals surface area contributed by atoms with Crippen LogP contribution in [0.1, 0.15) is 226 Å². The zero-order valence-corrected chi connectivity index (χ0v) is 46.3. The number of carbonyl (C=O) groups excluding carboxylic acids is 3. The van der Waals surface area contributed by atoms with Gasteiger partial charge in [-0.2, -0.15) is 0 Å². The Morgan fingerprint density at radius 3 is 1.12 bits per heavy atom. The quantitative estimate of drug-likeness (QED) is 0.0197. The molecule has 3 unspecified atom stereocenters. The molecule has 0 bridgehead atoms. The van der Waals surface area contributed by atoms with Crippen LogP contribution in [0, 0.1) is 0 Å². The molecule has 0 aromatic heterocycles. The molecular formula is C60H101O11P. The van der Waals surface area contributed by atoms with Crippen molar-refractivity contribution in [1.29, 1.82) is 0 Å². The number of phosphoric acid groups is 1. The zero-order chi connectivity index (χ0) is 52.7. The van der Waals surface area contributed by atoms with Gasteiger partial charge in [0.2, 0.25) is 0 Å². The predicted molar refractivity (Wildman–Crippen MR) is 297 cm³/mol. The van der Waals surface area contributed by atoms with E-state index < -0.39 is 57.8 Å². The Balaban J connectivity index is 4.74. The van der Waals surface area contributed by atoms with Crippen LogP contribution in [0.2, 0.25) is 0 Å².